The Morgan fingerprint density at radius 1 is 1.11 bits per heavy atom. The van der Waals surface area contributed by atoms with Crippen LogP contribution in [-0.2, 0) is 4.79 Å². The molecule has 1 aromatic heterocycles. The third kappa shape index (κ3) is 6.81. The standard InChI is InChI=1S/C25H26ClN5O4.C2H6/c1-18-7-2-3-8-19(18)24(33)23(20(26)17-32)31(28-34)12-6-11-29-13-15-30(16-14-29)25-27-21-9-4-5-10-22(21)35-25;1-2/h2-5,7-10,17H,6,11-16H2,1H3;1-2H3/b23-20-;. The van der Waals surface area contributed by atoms with E-state index >= 15 is 0 Å². The number of fused-ring (bicyclic) bond motifs is 1. The smallest absolute Gasteiger partial charge is 0.298 e. The van der Waals surface area contributed by atoms with Gasteiger partial charge in [0.2, 0.25) is 5.78 Å². The van der Waals surface area contributed by atoms with Gasteiger partial charge in [-0.15, -0.1) is 4.91 Å². The van der Waals surface area contributed by atoms with Crippen LogP contribution in [0.1, 0.15) is 36.2 Å². The number of piperazine rings is 1. The van der Waals surface area contributed by atoms with Crippen LogP contribution in [-0.4, -0.2) is 66.2 Å². The molecule has 2 heterocycles. The molecule has 0 amide bonds. The molecule has 4 rings (SSSR count). The number of hydrogen-bond acceptors (Lipinski definition) is 8. The third-order valence-corrected chi connectivity index (χ3v) is 6.33. The van der Waals surface area contributed by atoms with Crippen LogP contribution in [0.25, 0.3) is 11.1 Å². The fourth-order valence-corrected chi connectivity index (χ4v) is 4.34. The molecule has 1 fully saturated rings. The lowest BCUT2D eigenvalue weighted by molar-refractivity contribution is -0.104. The van der Waals surface area contributed by atoms with E-state index in [-0.39, 0.29) is 17.3 Å². The lowest BCUT2D eigenvalue weighted by atomic mass is 10.0. The molecule has 10 heteroatoms. The second kappa shape index (κ2) is 13.7. The van der Waals surface area contributed by atoms with E-state index in [1.807, 2.05) is 38.1 Å². The average molecular weight is 526 g/mol. The number of rotatable bonds is 10. The normalized spacial score (nSPS) is 14.4. The topological polar surface area (TPSA) is 99.3 Å². The average Bonchev–Trinajstić information content (AvgIpc) is 3.38. The van der Waals surface area contributed by atoms with Crippen molar-refractivity contribution in [3.8, 4) is 0 Å². The maximum atomic E-state index is 13.1. The monoisotopic (exact) mass is 525 g/mol. The number of nitroso groups, excluding NO2 is 1. The molecule has 9 nitrogen and oxygen atoms in total. The molecule has 0 spiro atoms. The first kappa shape index (κ1) is 28.0. The first-order valence-electron chi connectivity index (χ1n) is 12.4. The van der Waals surface area contributed by atoms with Gasteiger partial charge >= 0.3 is 0 Å². The Labute approximate surface area is 221 Å². The van der Waals surface area contributed by atoms with E-state index in [1.54, 1.807) is 31.2 Å². The molecule has 0 unspecified atom stereocenters. The number of aryl methyl sites for hydroxylation is 1. The van der Waals surface area contributed by atoms with Crippen molar-refractivity contribution >= 4 is 40.8 Å². The molecule has 0 saturated carbocycles. The number of carbonyl (C=O) groups excluding carboxylic acids is 2. The zero-order chi connectivity index (χ0) is 26.8. The van der Waals surface area contributed by atoms with Crippen molar-refractivity contribution in [2.24, 2.45) is 5.29 Å². The highest BCUT2D eigenvalue weighted by atomic mass is 35.5. The van der Waals surface area contributed by atoms with Gasteiger partial charge < -0.3 is 9.32 Å². The Morgan fingerprint density at radius 2 is 1.78 bits per heavy atom. The summed E-state index contributed by atoms with van der Waals surface area (Å²) >= 11 is 6.05. The van der Waals surface area contributed by atoms with E-state index in [1.165, 1.54) is 0 Å². The first-order chi connectivity index (χ1) is 18.0. The quantitative estimate of drug-likeness (QED) is 0.117. The summed E-state index contributed by atoms with van der Waals surface area (Å²) in [5.74, 6) is -0.508. The molecule has 0 atom stereocenters. The summed E-state index contributed by atoms with van der Waals surface area (Å²) in [6, 6.07) is 15.2. The van der Waals surface area contributed by atoms with Crippen LogP contribution in [0.3, 0.4) is 0 Å². The number of aromatic nitrogens is 1. The Morgan fingerprint density at radius 3 is 2.43 bits per heavy atom. The largest absolute Gasteiger partial charge is 0.423 e. The minimum absolute atomic E-state index is 0.159. The predicted molar refractivity (Wildman–Crippen MR) is 146 cm³/mol. The number of benzene rings is 2. The summed E-state index contributed by atoms with van der Waals surface area (Å²) in [6.45, 7) is 9.75. The van der Waals surface area contributed by atoms with Gasteiger partial charge in [0, 0.05) is 44.8 Å². The fourth-order valence-electron chi connectivity index (χ4n) is 4.16. The summed E-state index contributed by atoms with van der Waals surface area (Å²) < 4.78 is 5.86. The Balaban J connectivity index is 0.00000186. The van der Waals surface area contributed by atoms with Crippen LogP contribution in [0, 0.1) is 11.8 Å². The zero-order valence-corrected chi connectivity index (χ0v) is 22.1. The number of anilines is 1. The van der Waals surface area contributed by atoms with Crippen LogP contribution in [0.2, 0.25) is 0 Å². The summed E-state index contributed by atoms with van der Waals surface area (Å²) in [7, 11) is 0. The summed E-state index contributed by atoms with van der Waals surface area (Å²) in [5, 5.41) is 3.65. The fraction of sp³-hybridized carbons (Fsp3) is 0.370. The highest BCUT2D eigenvalue weighted by Crippen LogP contribution is 2.24. The molecule has 1 aliphatic heterocycles. The van der Waals surface area contributed by atoms with E-state index in [0.29, 0.717) is 36.4 Å². The lowest BCUT2D eigenvalue weighted by Crippen LogP contribution is -2.47. The Bertz CT molecular complexity index is 1220. The molecular formula is C27H32ClN5O4. The second-order valence-electron chi connectivity index (χ2n) is 8.31. The van der Waals surface area contributed by atoms with Gasteiger partial charge in [0.25, 0.3) is 6.01 Å². The third-order valence-electron chi connectivity index (χ3n) is 6.06. The van der Waals surface area contributed by atoms with Crippen molar-refractivity contribution in [2.45, 2.75) is 27.2 Å². The molecule has 196 valence electrons. The van der Waals surface area contributed by atoms with Crippen LogP contribution in [0.5, 0.6) is 0 Å². The van der Waals surface area contributed by atoms with Gasteiger partial charge in [-0.2, -0.15) is 4.98 Å². The van der Waals surface area contributed by atoms with E-state index in [9.17, 15) is 14.5 Å². The van der Waals surface area contributed by atoms with Crippen molar-refractivity contribution in [3.63, 3.8) is 0 Å². The number of Topliss-reactive ketones (excluding diaryl/α,β-unsaturated/α-hetero) is 1. The molecule has 1 aliphatic rings. The number of halogens is 1. The molecule has 0 radical (unpaired) electrons. The maximum absolute atomic E-state index is 13.1. The molecule has 2 aromatic carbocycles. The maximum Gasteiger partial charge on any atom is 0.298 e. The van der Waals surface area contributed by atoms with Gasteiger partial charge in [0.15, 0.2) is 11.9 Å². The molecule has 37 heavy (non-hydrogen) atoms. The Hall–Kier alpha value is -3.56. The van der Waals surface area contributed by atoms with Gasteiger partial charge in [-0.1, -0.05) is 61.8 Å². The second-order valence-corrected chi connectivity index (χ2v) is 8.72. The van der Waals surface area contributed by atoms with Crippen LogP contribution in [0.15, 0.2) is 69.0 Å². The van der Waals surface area contributed by atoms with Crippen molar-refractivity contribution in [3.05, 3.63) is 75.3 Å². The van der Waals surface area contributed by atoms with E-state index in [2.05, 4.69) is 20.1 Å². The number of nitrogens with zero attached hydrogens (tertiary/aromatic N) is 5. The SMILES string of the molecule is CC.Cc1ccccc1C(=O)/C(=C(/Cl)C=O)N(CCCN1CCN(c2nc3ccccc3o2)CC1)N=O. The van der Waals surface area contributed by atoms with Gasteiger partial charge in [0.05, 0.1) is 5.29 Å². The molecule has 3 aromatic rings. The van der Waals surface area contributed by atoms with Crippen molar-refractivity contribution in [1.82, 2.24) is 14.9 Å². The number of carbonyl (C=O) groups is 2. The predicted octanol–water partition coefficient (Wildman–Crippen LogP) is 5.19. The molecule has 1 saturated heterocycles. The minimum atomic E-state index is -0.508. The molecular weight excluding hydrogens is 494 g/mol. The van der Waals surface area contributed by atoms with E-state index in [4.69, 9.17) is 16.0 Å². The minimum Gasteiger partial charge on any atom is -0.423 e. The van der Waals surface area contributed by atoms with Crippen LogP contribution in [0.4, 0.5) is 6.01 Å². The molecule has 0 bridgehead atoms. The number of oxazole rings is 1. The number of aldehydes is 1. The van der Waals surface area contributed by atoms with Crippen molar-refractivity contribution in [1.29, 1.82) is 0 Å². The van der Waals surface area contributed by atoms with E-state index in [0.717, 1.165) is 42.3 Å². The number of hydrogen-bond donors (Lipinski definition) is 0. The zero-order valence-electron chi connectivity index (χ0n) is 21.4. The Kier molecular flexibility index (Phi) is 10.3. The van der Waals surface area contributed by atoms with Crippen molar-refractivity contribution < 1.29 is 14.0 Å². The van der Waals surface area contributed by atoms with Crippen molar-refractivity contribution in [2.75, 3.05) is 44.2 Å². The molecule has 0 N–H and O–H groups in total. The van der Waals surface area contributed by atoms with Gasteiger partial charge in [-0.3, -0.25) is 14.5 Å². The summed E-state index contributed by atoms with van der Waals surface area (Å²) in [6.07, 6.45) is 0.915. The van der Waals surface area contributed by atoms with Gasteiger partial charge in [-0.05, 0) is 31.0 Å². The number of ketones is 1. The van der Waals surface area contributed by atoms with Gasteiger partial charge in [-0.25, -0.2) is 5.01 Å². The first-order valence-corrected chi connectivity index (χ1v) is 12.8. The van der Waals surface area contributed by atoms with Crippen LogP contribution < -0.4 is 4.90 Å². The lowest BCUT2D eigenvalue weighted by Gasteiger charge is -2.34. The van der Waals surface area contributed by atoms with E-state index < -0.39 is 5.78 Å². The highest BCUT2D eigenvalue weighted by Gasteiger charge is 2.26. The molecule has 0 aliphatic carbocycles. The van der Waals surface area contributed by atoms with Crippen LogP contribution >= 0.6 is 11.6 Å². The summed E-state index contributed by atoms with van der Waals surface area (Å²) in [4.78, 5) is 45.0. The van der Waals surface area contributed by atoms with Gasteiger partial charge in [0.1, 0.15) is 16.2 Å². The highest BCUT2D eigenvalue weighted by molar-refractivity contribution is 6.41. The number of para-hydroxylation sites is 2. The summed E-state index contributed by atoms with van der Waals surface area (Å²) in [5.41, 5.74) is 2.49. The number of allylic oxidation sites excluding steroid dienone is 2.